The van der Waals surface area contributed by atoms with Crippen molar-refractivity contribution in [3.63, 3.8) is 0 Å². The first-order chi connectivity index (χ1) is 13.8. The van der Waals surface area contributed by atoms with Crippen LogP contribution in [0.1, 0.15) is 12.0 Å². The number of hydrogen-bond donors (Lipinski definition) is 2. The summed E-state index contributed by atoms with van der Waals surface area (Å²) in [5.74, 6) is 0.472. The Bertz CT molecular complexity index is 935. The molecule has 10 heteroatoms. The number of hydrogen-bond acceptors (Lipinski definition) is 7. The van der Waals surface area contributed by atoms with Crippen LogP contribution in [-0.2, 0) is 20.5 Å². The predicted molar refractivity (Wildman–Crippen MR) is 111 cm³/mol. The molecule has 2 rings (SSSR count). The second kappa shape index (κ2) is 10.5. The van der Waals surface area contributed by atoms with Gasteiger partial charge >= 0.3 is 5.69 Å². The number of non-ortho nitro benzene ring substituents is 1. The summed E-state index contributed by atoms with van der Waals surface area (Å²) in [7, 11) is 3.02. The summed E-state index contributed by atoms with van der Waals surface area (Å²) < 4.78 is 2.43. The van der Waals surface area contributed by atoms with Crippen molar-refractivity contribution in [1.82, 2.24) is 14.5 Å². The summed E-state index contributed by atoms with van der Waals surface area (Å²) in [5.41, 5.74) is 0.323. The second-order valence-electron chi connectivity index (χ2n) is 6.73. The maximum Gasteiger partial charge on any atom is 0.332 e. The number of nitrogens with one attached hydrogen (secondary N) is 1. The number of aliphatic hydroxyl groups is 1. The average molecular weight is 405 g/mol. The van der Waals surface area contributed by atoms with Crippen LogP contribution >= 0.6 is 0 Å². The van der Waals surface area contributed by atoms with E-state index in [-0.39, 0.29) is 17.9 Å². The predicted octanol–water partition coefficient (Wildman–Crippen LogP) is 0.0133. The lowest BCUT2D eigenvalue weighted by Crippen LogP contribution is -2.43. The lowest BCUT2D eigenvalue weighted by atomic mass is 10.1. The molecule has 1 heterocycles. The van der Waals surface area contributed by atoms with Gasteiger partial charge in [-0.15, -0.1) is 0 Å². The van der Waals surface area contributed by atoms with Crippen LogP contribution in [0.4, 0.5) is 11.5 Å². The molecular weight excluding hydrogens is 378 g/mol. The topological polar surface area (TPSA) is 123 Å². The molecule has 0 bridgehead atoms. The van der Waals surface area contributed by atoms with Gasteiger partial charge in [-0.2, -0.15) is 0 Å². The molecule has 0 fully saturated rings. The maximum absolute atomic E-state index is 12.1. The van der Waals surface area contributed by atoms with E-state index in [1.54, 1.807) is 24.1 Å². The van der Waals surface area contributed by atoms with E-state index < -0.39 is 10.6 Å². The van der Waals surface area contributed by atoms with E-state index in [0.29, 0.717) is 25.5 Å². The molecule has 1 aromatic carbocycles. The SMILES string of the molecule is Cn1c(N(CCO)CCNCCCc2ccc([N+](=O)[O-])cc2)cc(=O)n(C)c1=O. The molecule has 0 atom stereocenters. The summed E-state index contributed by atoms with van der Waals surface area (Å²) in [6, 6.07) is 7.93. The third kappa shape index (κ3) is 6.00. The first-order valence-corrected chi connectivity index (χ1v) is 9.42. The van der Waals surface area contributed by atoms with Crippen molar-refractivity contribution in [2.75, 3.05) is 37.7 Å². The van der Waals surface area contributed by atoms with Gasteiger partial charge in [0.15, 0.2) is 0 Å². The van der Waals surface area contributed by atoms with E-state index >= 15 is 0 Å². The molecule has 2 N–H and O–H groups in total. The number of aliphatic hydroxyl groups excluding tert-OH is 1. The minimum atomic E-state index is -0.415. The van der Waals surface area contributed by atoms with Crippen molar-refractivity contribution in [2.24, 2.45) is 14.1 Å². The van der Waals surface area contributed by atoms with Gasteiger partial charge in [0.05, 0.1) is 11.5 Å². The molecule has 29 heavy (non-hydrogen) atoms. The number of anilines is 1. The zero-order valence-electron chi connectivity index (χ0n) is 16.7. The van der Waals surface area contributed by atoms with Crippen LogP contribution in [0.3, 0.4) is 0 Å². The van der Waals surface area contributed by atoms with Gasteiger partial charge in [-0.3, -0.25) is 24.0 Å². The summed E-state index contributed by atoms with van der Waals surface area (Å²) >= 11 is 0. The normalized spacial score (nSPS) is 10.9. The molecule has 10 nitrogen and oxygen atoms in total. The van der Waals surface area contributed by atoms with Crippen molar-refractivity contribution in [3.8, 4) is 0 Å². The third-order valence-corrected chi connectivity index (χ3v) is 4.72. The van der Waals surface area contributed by atoms with Gasteiger partial charge in [0.2, 0.25) is 0 Å². The van der Waals surface area contributed by atoms with E-state index in [2.05, 4.69) is 5.32 Å². The number of rotatable bonds is 11. The standard InChI is InChI=1S/C19H27N5O5/c1-21-17(14-18(26)22(2)19(21)27)23(12-13-25)11-10-20-9-3-4-15-5-7-16(8-6-15)24(28)29/h5-8,14,20,25H,3-4,9-13H2,1-2H3. The monoisotopic (exact) mass is 405 g/mol. The van der Waals surface area contributed by atoms with E-state index in [1.165, 1.54) is 29.8 Å². The zero-order chi connectivity index (χ0) is 21.4. The Balaban J connectivity index is 1.84. The fraction of sp³-hybridized carbons (Fsp3) is 0.474. The molecule has 0 spiro atoms. The Morgan fingerprint density at radius 3 is 2.41 bits per heavy atom. The lowest BCUT2D eigenvalue weighted by Gasteiger charge is -2.26. The van der Waals surface area contributed by atoms with Crippen molar-refractivity contribution in [2.45, 2.75) is 12.8 Å². The summed E-state index contributed by atoms with van der Waals surface area (Å²) in [4.78, 5) is 36.1. The zero-order valence-corrected chi connectivity index (χ0v) is 16.7. The molecule has 0 unspecified atom stereocenters. The number of nitrogens with zero attached hydrogens (tertiary/aromatic N) is 4. The molecule has 1 aromatic heterocycles. The van der Waals surface area contributed by atoms with Gasteiger partial charge in [-0.1, -0.05) is 12.1 Å². The molecule has 2 aromatic rings. The van der Waals surface area contributed by atoms with Gasteiger partial charge in [-0.25, -0.2) is 4.79 Å². The van der Waals surface area contributed by atoms with Crippen molar-refractivity contribution in [3.05, 3.63) is 66.8 Å². The number of benzene rings is 1. The highest BCUT2D eigenvalue weighted by atomic mass is 16.6. The summed E-state index contributed by atoms with van der Waals surface area (Å²) in [6.45, 7) is 2.11. The Morgan fingerprint density at radius 2 is 1.79 bits per heavy atom. The Morgan fingerprint density at radius 1 is 1.10 bits per heavy atom. The number of aryl methyl sites for hydroxylation is 1. The minimum absolute atomic E-state index is 0.0843. The van der Waals surface area contributed by atoms with Crippen LogP contribution in [0.5, 0.6) is 0 Å². The number of aromatic nitrogens is 2. The molecule has 0 saturated heterocycles. The Labute approximate surface area is 168 Å². The molecule has 0 saturated carbocycles. The van der Waals surface area contributed by atoms with Gasteiger partial charge in [0.25, 0.3) is 11.2 Å². The highest BCUT2D eigenvalue weighted by molar-refractivity contribution is 5.38. The van der Waals surface area contributed by atoms with Crippen molar-refractivity contribution >= 4 is 11.5 Å². The summed E-state index contributed by atoms with van der Waals surface area (Å²) in [5, 5.41) is 23.3. The van der Waals surface area contributed by atoms with Crippen molar-refractivity contribution in [1.29, 1.82) is 0 Å². The molecule has 0 aliphatic rings. The highest BCUT2D eigenvalue weighted by Crippen LogP contribution is 2.13. The lowest BCUT2D eigenvalue weighted by molar-refractivity contribution is -0.384. The van der Waals surface area contributed by atoms with Crippen LogP contribution < -0.4 is 21.5 Å². The maximum atomic E-state index is 12.1. The molecular formula is C19H27N5O5. The van der Waals surface area contributed by atoms with Crippen LogP contribution in [0.25, 0.3) is 0 Å². The van der Waals surface area contributed by atoms with Crippen LogP contribution in [0.15, 0.2) is 39.9 Å². The largest absolute Gasteiger partial charge is 0.395 e. The fourth-order valence-corrected chi connectivity index (χ4v) is 3.03. The van der Waals surface area contributed by atoms with Gasteiger partial charge in [0.1, 0.15) is 5.82 Å². The van der Waals surface area contributed by atoms with Gasteiger partial charge in [-0.05, 0) is 24.9 Å². The fourth-order valence-electron chi connectivity index (χ4n) is 3.03. The third-order valence-electron chi connectivity index (χ3n) is 4.72. The summed E-state index contributed by atoms with van der Waals surface area (Å²) in [6.07, 6.45) is 1.66. The first kappa shape index (κ1) is 22.3. The average Bonchev–Trinajstić information content (AvgIpc) is 2.71. The number of nitro groups is 1. The minimum Gasteiger partial charge on any atom is -0.395 e. The first-order valence-electron chi connectivity index (χ1n) is 9.42. The van der Waals surface area contributed by atoms with Gasteiger partial charge < -0.3 is 15.3 Å². The van der Waals surface area contributed by atoms with Crippen LogP contribution in [0, 0.1) is 10.1 Å². The smallest absolute Gasteiger partial charge is 0.332 e. The van der Waals surface area contributed by atoms with Crippen LogP contribution in [0.2, 0.25) is 0 Å². The molecule has 0 amide bonds. The van der Waals surface area contributed by atoms with E-state index in [0.717, 1.165) is 29.5 Å². The molecule has 0 aliphatic heterocycles. The van der Waals surface area contributed by atoms with E-state index in [9.17, 15) is 24.8 Å². The quantitative estimate of drug-likeness (QED) is 0.307. The van der Waals surface area contributed by atoms with Crippen LogP contribution in [-0.4, -0.2) is 51.9 Å². The Hall–Kier alpha value is -2.98. The molecule has 0 radical (unpaired) electrons. The second-order valence-corrected chi connectivity index (χ2v) is 6.73. The van der Waals surface area contributed by atoms with Crippen molar-refractivity contribution < 1.29 is 10.0 Å². The Kier molecular flexibility index (Phi) is 8.10. The van der Waals surface area contributed by atoms with E-state index in [1.807, 2.05) is 0 Å². The molecule has 158 valence electrons. The highest BCUT2D eigenvalue weighted by Gasteiger charge is 2.13. The molecule has 0 aliphatic carbocycles. The van der Waals surface area contributed by atoms with E-state index in [4.69, 9.17) is 0 Å². The van der Waals surface area contributed by atoms with Gasteiger partial charge in [0, 0.05) is 51.9 Å². The number of nitro benzene ring substituents is 1.